The molecular formula is C9H20N2. The fourth-order valence-corrected chi connectivity index (χ4v) is 2.18. The molecule has 0 spiro atoms. The van der Waals surface area contributed by atoms with Gasteiger partial charge in [0.15, 0.2) is 0 Å². The highest BCUT2D eigenvalue weighted by Crippen LogP contribution is 2.56. The lowest BCUT2D eigenvalue weighted by atomic mass is 10.1. The Morgan fingerprint density at radius 3 is 2.45 bits per heavy atom. The maximum Gasteiger partial charge on any atom is 0.00504 e. The summed E-state index contributed by atoms with van der Waals surface area (Å²) < 4.78 is 0. The molecule has 1 saturated carbocycles. The van der Waals surface area contributed by atoms with Crippen LogP contribution in [0.15, 0.2) is 0 Å². The van der Waals surface area contributed by atoms with Crippen LogP contribution in [0.3, 0.4) is 0 Å². The van der Waals surface area contributed by atoms with Gasteiger partial charge in [-0.3, -0.25) is 0 Å². The number of piperidine rings is 1. The van der Waals surface area contributed by atoms with Crippen molar-refractivity contribution in [2.45, 2.75) is 20.3 Å². The molecule has 2 unspecified atom stereocenters. The van der Waals surface area contributed by atoms with Crippen molar-refractivity contribution < 1.29 is 0 Å². The lowest BCUT2D eigenvalue weighted by Gasteiger charge is -2.13. The first-order chi connectivity index (χ1) is 5.27. The molecule has 0 aromatic carbocycles. The van der Waals surface area contributed by atoms with Crippen LogP contribution in [-0.4, -0.2) is 31.6 Å². The van der Waals surface area contributed by atoms with Gasteiger partial charge in [-0.05, 0) is 31.3 Å². The molecule has 1 heterocycles. The monoisotopic (exact) mass is 156 g/mol. The normalized spacial score (nSPS) is 40.9. The smallest absolute Gasteiger partial charge is 0.00504 e. The van der Waals surface area contributed by atoms with Crippen LogP contribution < -0.4 is 5.73 Å². The van der Waals surface area contributed by atoms with Crippen molar-refractivity contribution in [3.8, 4) is 0 Å². The van der Waals surface area contributed by atoms with E-state index < -0.39 is 0 Å². The highest BCUT2D eigenvalue weighted by Gasteiger charge is 2.57. The van der Waals surface area contributed by atoms with Gasteiger partial charge in [0.25, 0.3) is 0 Å². The second-order valence-electron chi connectivity index (χ2n) is 3.66. The van der Waals surface area contributed by atoms with Crippen molar-refractivity contribution in [1.82, 2.24) is 4.90 Å². The van der Waals surface area contributed by atoms with E-state index in [1.54, 1.807) is 0 Å². The maximum absolute atomic E-state index is 5.65. The third-order valence-electron chi connectivity index (χ3n) is 2.88. The number of hydrogen-bond donors (Lipinski definition) is 1. The Kier molecular flexibility index (Phi) is 2.55. The summed E-state index contributed by atoms with van der Waals surface area (Å²) in [5.74, 6) is 0.951. The van der Waals surface area contributed by atoms with E-state index in [0.717, 1.165) is 12.5 Å². The number of fused-ring (bicyclic) bond motifs is 1. The Morgan fingerprint density at radius 1 is 1.55 bits per heavy atom. The van der Waals surface area contributed by atoms with Crippen LogP contribution in [-0.2, 0) is 0 Å². The molecule has 66 valence electrons. The zero-order chi connectivity index (χ0) is 8.48. The molecule has 1 aliphatic heterocycles. The van der Waals surface area contributed by atoms with E-state index in [2.05, 4.69) is 11.9 Å². The summed E-state index contributed by atoms with van der Waals surface area (Å²) >= 11 is 0. The second kappa shape index (κ2) is 3.11. The zero-order valence-electron chi connectivity index (χ0n) is 7.93. The predicted molar refractivity (Wildman–Crippen MR) is 48.4 cm³/mol. The average Bonchev–Trinajstić information content (AvgIpc) is 2.60. The molecule has 2 nitrogen and oxygen atoms in total. The van der Waals surface area contributed by atoms with Crippen LogP contribution in [0, 0.1) is 11.3 Å². The molecule has 0 aromatic rings. The van der Waals surface area contributed by atoms with Crippen LogP contribution >= 0.6 is 0 Å². The van der Waals surface area contributed by atoms with Crippen molar-refractivity contribution in [3.05, 3.63) is 0 Å². The fraction of sp³-hybridized carbons (Fsp3) is 1.00. The van der Waals surface area contributed by atoms with Gasteiger partial charge in [0.1, 0.15) is 0 Å². The first-order valence-corrected chi connectivity index (χ1v) is 4.65. The second-order valence-corrected chi connectivity index (χ2v) is 3.66. The van der Waals surface area contributed by atoms with E-state index in [1.165, 1.54) is 19.5 Å². The lowest BCUT2D eigenvalue weighted by Crippen LogP contribution is -2.25. The summed E-state index contributed by atoms with van der Waals surface area (Å²) in [5.41, 5.74) is 6.22. The van der Waals surface area contributed by atoms with Gasteiger partial charge in [-0.1, -0.05) is 13.8 Å². The molecule has 2 atom stereocenters. The number of nitrogens with two attached hydrogens (primary N) is 1. The third kappa shape index (κ3) is 1.42. The van der Waals surface area contributed by atoms with Gasteiger partial charge >= 0.3 is 0 Å². The molecule has 2 aliphatic rings. The molecular weight excluding hydrogens is 136 g/mol. The maximum atomic E-state index is 5.65. The van der Waals surface area contributed by atoms with Crippen LogP contribution in [0.5, 0.6) is 0 Å². The molecule has 2 heteroatoms. The number of rotatable bonds is 1. The van der Waals surface area contributed by atoms with Gasteiger partial charge in [0.2, 0.25) is 0 Å². The molecule has 0 aromatic heterocycles. The highest BCUT2D eigenvalue weighted by atomic mass is 15.2. The number of likely N-dealkylation sites (tertiary alicyclic amines) is 1. The van der Waals surface area contributed by atoms with Crippen molar-refractivity contribution in [2.75, 3.05) is 26.7 Å². The van der Waals surface area contributed by atoms with Crippen LogP contribution in [0.1, 0.15) is 20.3 Å². The van der Waals surface area contributed by atoms with Gasteiger partial charge < -0.3 is 10.6 Å². The Morgan fingerprint density at radius 2 is 2.18 bits per heavy atom. The minimum atomic E-state index is 0.578. The topological polar surface area (TPSA) is 29.3 Å². The first kappa shape index (κ1) is 9.01. The minimum Gasteiger partial charge on any atom is -0.330 e. The third-order valence-corrected chi connectivity index (χ3v) is 2.88. The largest absolute Gasteiger partial charge is 0.330 e. The van der Waals surface area contributed by atoms with Crippen molar-refractivity contribution >= 4 is 0 Å². The summed E-state index contributed by atoms with van der Waals surface area (Å²) in [6, 6.07) is 0. The Hall–Kier alpha value is -0.0800. The van der Waals surface area contributed by atoms with Crippen molar-refractivity contribution in [3.63, 3.8) is 0 Å². The van der Waals surface area contributed by atoms with Gasteiger partial charge in [-0.2, -0.15) is 0 Å². The van der Waals surface area contributed by atoms with Crippen LogP contribution in [0.4, 0.5) is 0 Å². The van der Waals surface area contributed by atoms with Gasteiger partial charge in [-0.25, -0.2) is 0 Å². The molecule has 1 saturated heterocycles. The van der Waals surface area contributed by atoms with Crippen molar-refractivity contribution in [2.24, 2.45) is 17.1 Å². The SMILES string of the molecule is CC.CN1CC2CC2(CN)C1. The summed E-state index contributed by atoms with van der Waals surface area (Å²) in [7, 11) is 2.18. The Bertz CT molecular complexity index is 132. The minimum absolute atomic E-state index is 0.578. The molecule has 2 rings (SSSR count). The van der Waals surface area contributed by atoms with E-state index in [4.69, 9.17) is 5.73 Å². The first-order valence-electron chi connectivity index (χ1n) is 4.65. The molecule has 2 N–H and O–H groups in total. The zero-order valence-corrected chi connectivity index (χ0v) is 7.93. The number of nitrogens with zero attached hydrogens (tertiary/aromatic N) is 1. The van der Waals surface area contributed by atoms with E-state index in [0.29, 0.717) is 5.41 Å². The summed E-state index contributed by atoms with van der Waals surface area (Å²) in [6.45, 7) is 7.44. The molecule has 0 radical (unpaired) electrons. The number of hydrogen-bond acceptors (Lipinski definition) is 2. The quantitative estimate of drug-likeness (QED) is 0.612. The van der Waals surface area contributed by atoms with E-state index in [-0.39, 0.29) is 0 Å². The molecule has 1 aliphatic carbocycles. The standard InChI is InChI=1S/C7H14N2.C2H6/c1-9-3-6-2-7(6,4-8)5-9;1-2/h6H,2-5,8H2,1H3;1-2H3. The summed E-state index contributed by atoms with van der Waals surface area (Å²) in [5, 5.41) is 0. The van der Waals surface area contributed by atoms with Crippen LogP contribution in [0.2, 0.25) is 0 Å². The molecule has 11 heavy (non-hydrogen) atoms. The van der Waals surface area contributed by atoms with Gasteiger partial charge in [-0.15, -0.1) is 0 Å². The average molecular weight is 156 g/mol. The molecule has 0 amide bonds. The van der Waals surface area contributed by atoms with E-state index >= 15 is 0 Å². The lowest BCUT2D eigenvalue weighted by molar-refractivity contribution is 0.339. The van der Waals surface area contributed by atoms with Crippen LogP contribution in [0.25, 0.3) is 0 Å². The predicted octanol–water partition coefficient (Wildman–Crippen LogP) is 0.923. The van der Waals surface area contributed by atoms with Crippen molar-refractivity contribution in [1.29, 1.82) is 0 Å². The fourth-order valence-electron chi connectivity index (χ4n) is 2.18. The Labute approximate surface area is 69.8 Å². The van der Waals surface area contributed by atoms with E-state index in [1.807, 2.05) is 13.8 Å². The Balaban J connectivity index is 0.000000281. The molecule has 2 fully saturated rings. The molecule has 0 bridgehead atoms. The van der Waals surface area contributed by atoms with Gasteiger partial charge in [0.05, 0.1) is 0 Å². The summed E-state index contributed by atoms with van der Waals surface area (Å²) in [6.07, 6.45) is 1.40. The highest BCUT2D eigenvalue weighted by molar-refractivity contribution is 5.10. The van der Waals surface area contributed by atoms with Gasteiger partial charge in [0, 0.05) is 13.1 Å². The summed E-state index contributed by atoms with van der Waals surface area (Å²) in [4.78, 5) is 2.39. The van der Waals surface area contributed by atoms with E-state index in [9.17, 15) is 0 Å².